The molecule has 0 saturated heterocycles. The highest BCUT2D eigenvalue weighted by Gasteiger charge is 2.06. The van der Waals surface area contributed by atoms with Crippen LogP contribution in [0.15, 0.2) is 24.5 Å². The number of nitrogens with zero attached hydrogens (tertiary/aromatic N) is 3. The minimum atomic E-state index is 0.291. The smallest absolute Gasteiger partial charge is 0.229 e. The van der Waals surface area contributed by atoms with Crippen LogP contribution in [0.4, 0.5) is 0 Å². The maximum atomic E-state index is 5.90. The van der Waals surface area contributed by atoms with E-state index in [0.717, 1.165) is 5.69 Å². The molecule has 1 aromatic heterocycles. The van der Waals surface area contributed by atoms with Crippen molar-refractivity contribution in [3.8, 4) is 11.4 Å². The Kier molecular flexibility index (Phi) is 2.79. The zero-order valence-electron chi connectivity index (χ0n) is 7.82. The highest BCUT2D eigenvalue weighted by atomic mass is 35.5. The fourth-order valence-corrected chi connectivity index (χ4v) is 1.57. The summed E-state index contributed by atoms with van der Waals surface area (Å²) in [6, 6.07) is 5.30. The van der Waals surface area contributed by atoms with Crippen LogP contribution in [-0.4, -0.2) is 21.9 Å². The van der Waals surface area contributed by atoms with Crippen LogP contribution in [0.5, 0.6) is 5.75 Å². The van der Waals surface area contributed by atoms with Crippen molar-refractivity contribution in [1.29, 1.82) is 0 Å². The molecule has 0 radical (unpaired) electrons. The van der Waals surface area contributed by atoms with Gasteiger partial charge in [-0.2, -0.15) is 0 Å². The van der Waals surface area contributed by atoms with Gasteiger partial charge in [-0.05, 0) is 23.7 Å². The SMILES string of the molecule is COc1cc(-n2cnnc2Cl)ccc1Cl. The Balaban J connectivity index is 2.51. The van der Waals surface area contributed by atoms with E-state index < -0.39 is 0 Å². The van der Waals surface area contributed by atoms with E-state index in [9.17, 15) is 0 Å². The molecular formula is C9H7Cl2N3O. The highest BCUT2D eigenvalue weighted by molar-refractivity contribution is 6.32. The molecule has 1 heterocycles. The van der Waals surface area contributed by atoms with Gasteiger partial charge in [0.2, 0.25) is 5.28 Å². The van der Waals surface area contributed by atoms with Crippen molar-refractivity contribution in [3.05, 3.63) is 34.8 Å². The van der Waals surface area contributed by atoms with Gasteiger partial charge in [0.1, 0.15) is 12.1 Å². The largest absolute Gasteiger partial charge is 0.495 e. The van der Waals surface area contributed by atoms with E-state index in [4.69, 9.17) is 27.9 Å². The number of halogens is 2. The standard InChI is InChI=1S/C9H7Cl2N3O/c1-15-8-4-6(2-3-7(8)10)14-5-12-13-9(14)11/h2-5H,1H3. The van der Waals surface area contributed by atoms with Gasteiger partial charge in [-0.15, -0.1) is 10.2 Å². The van der Waals surface area contributed by atoms with E-state index in [1.54, 1.807) is 29.9 Å². The summed E-state index contributed by atoms with van der Waals surface area (Å²) in [5, 5.41) is 8.20. The van der Waals surface area contributed by atoms with Crippen LogP contribution in [0, 0.1) is 0 Å². The molecule has 0 fully saturated rings. The first-order valence-electron chi connectivity index (χ1n) is 4.12. The lowest BCUT2D eigenvalue weighted by Gasteiger charge is -2.06. The first kappa shape index (κ1) is 10.3. The minimum Gasteiger partial charge on any atom is -0.495 e. The fourth-order valence-electron chi connectivity index (χ4n) is 1.19. The van der Waals surface area contributed by atoms with Crippen molar-refractivity contribution >= 4 is 23.2 Å². The Morgan fingerprint density at radius 2 is 2.13 bits per heavy atom. The quantitative estimate of drug-likeness (QED) is 0.815. The first-order chi connectivity index (χ1) is 7.22. The topological polar surface area (TPSA) is 39.9 Å². The zero-order chi connectivity index (χ0) is 10.8. The predicted molar refractivity (Wildman–Crippen MR) is 57.9 cm³/mol. The molecule has 0 aliphatic heterocycles. The van der Waals surface area contributed by atoms with Gasteiger partial charge in [-0.25, -0.2) is 0 Å². The molecule has 0 aliphatic rings. The number of rotatable bonds is 2. The number of aromatic nitrogens is 3. The second-order valence-corrected chi connectivity index (χ2v) is 3.53. The molecule has 0 unspecified atom stereocenters. The molecule has 0 saturated carbocycles. The summed E-state index contributed by atoms with van der Waals surface area (Å²) in [6.07, 6.45) is 1.52. The third-order valence-electron chi connectivity index (χ3n) is 1.92. The Morgan fingerprint density at radius 3 is 2.73 bits per heavy atom. The van der Waals surface area contributed by atoms with E-state index in [2.05, 4.69) is 10.2 Å². The molecule has 0 aliphatic carbocycles. The molecule has 0 N–H and O–H groups in total. The predicted octanol–water partition coefficient (Wildman–Crippen LogP) is 2.58. The van der Waals surface area contributed by atoms with E-state index in [1.807, 2.05) is 0 Å². The van der Waals surface area contributed by atoms with Gasteiger partial charge < -0.3 is 4.74 Å². The van der Waals surface area contributed by atoms with Crippen LogP contribution in [0.2, 0.25) is 10.3 Å². The van der Waals surface area contributed by atoms with Crippen molar-refractivity contribution in [2.24, 2.45) is 0 Å². The molecule has 0 spiro atoms. The van der Waals surface area contributed by atoms with Gasteiger partial charge >= 0.3 is 0 Å². The third kappa shape index (κ3) is 1.91. The van der Waals surface area contributed by atoms with Crippen LogP contribution in [-0.2, 0) is 0 Å². The summed E-state index contributed by atoms with van der Waals surface area (Å²) in [7, 11) is 1.55. The van der Waals surface area contributed by atoms with Gasteiger partial charge in [-0.3, -0.25) is 4.57 Å². The molecular weight excluding hydrogens is 237 g/mol. The average molecular weight is 244 g/mol. The number of hydrogen-bond donors (Lipinski definition) is 0. The van der Waals surface area contributed by atoms with E-state index >= 15 is 0 Å². The summed E-state index contributed by atoms with van der Waals surface area (Å²) in [6.45, 7) is 0. The third-order valence-corrected chi connectivity index (χ3v) is 2.49. The molecule has 2 aromatic rings. The Labute approximate surface area is 96.4 Å². The van der Waals surface area contributed by atoms with E-state index in [1.165, 1.54) is 6.33 Å². The van der Waals surface area contributed by atoms with Crippen LogP contribution < -0.4 is 4.74 Å². The average Bonchev–Trinajstić information content (AvgIpc) is 2.65. The van der Waals surface area contributed by atoms with Crippen LogP contribution in [0.1, 0.15) is 0 Å². The maximum absolute atomic E-state index is 5.90. The Hall–Kier alpha value is -1.26. The van der Waals surface area contributed by atoms with Gasteiger partial charge in [0.25, 0.3) is 0 Å². The van der Waals surface area contributed by atoms with Crippen LogP contribution in [0.25, 0.3) is 5.69 Å². The molecule has 0 atom stereocenters. The summed E-state index contributed by atoms with van der Waals surface area (Å²) in [4.78, 5) is 0. The van der Waals surface area contributed by atoms with Gasteiger partial charge in [0.15, 0.2) is 0 Å². The van der Waals surface area contributed by atoms with E-state index in [0.29, 0.717) is 16.1 Å². The van der Waals surface area contributed by atoms with Crippen molar-refractivity contribution in [1.82, 2.24) is 14.8 Å². The van der Waals surface area contributed by atoms with Crippen molar-refractivity contribution < 1.29 is 4.74 Å². The molecule has 0 amide bonds. The van der Waals surface area contributed by atoms with Crippen molar-refractivity contribution in [2.45, 2.75) is 0 Å². The molecule has 15 heavy (non-hydrogen) atoms. The summed E-state index contributed by atoms with van der Waals surface area (Å²) in [5.74, 6) is 0.582. The van der Waals surface area contributed by atoms with Crippen LogP contribution in [0.3, 0.4) is 0 Å². The Morgan fingerprint density at radius 1 is 1.33 bits per heavy atom. The molecule has 1 aromatic carbocycles. The van der Waals surface area contributed by atoms with Crippen molar-refractivity contribution in [3.63, 3.8) is 0 Å². The minimum absolute atomic E-state index is 0.291. The summed E-state index contributed by atoms with van der Waals surface area (Å²) >= 11 is 11.7. The number of hydrogen-bond acceptors (Lipinski definition) is 3. The van der Waals surface area contributed by atoms with Gasteiger partial charge in [-0.1, -0.05) is 11.6 Å². The van der Waals surface area contributed by atoms with E-state index in [-0.39, 0.29) is 0 Å². The van der Waals surface area contributed by atoms with Crippen LogP contribution >= 0.6 is 23.2 Å². The lowest BCUT2D eigenvalue weighted by molar-refractivity contribution is 0.415. The molecule has 4 nitrogen and oxygen atoms in total. The maximum Gasteiger partial charge on any atom is 0.229 e. The summed E-state index contributed by atoms with van der Waals surface area (Å²) < 4.78 is 6.72. The second-order valence-electron chi connectivity index (χ2n) is 2.79. The van der Waals surface area contributed by atoms with Gasteiger partial charge in [0.05, 0.1) is 17.8 Å². The molecule has 0 bridgehead atoms. The molecule has 78 valence electrons. The second kappa shape index (κ2) is 4.08. The van der Waals surface area contributed by atoms with Gasteiger partial charge in [0, 0.05) is 6.07 Å². The molecule has 2 rings (SSSR count). The normalized spacial score (nSPS) is 10.3. The first-order valence-corrected chi connectivity index (χ1v) is 4.87. The van der Waals surface area contributed by atoms with Crippen molar-refractivity contribution in [2.75, 3.05) is 7.11 Å². The number of benzene rings is 1. The Bertz CT molecular complexity index is 484. The number of methoxy groups -OCH3 is 1. The lowest BCUT2D eigenvalue weighted by atomic mass is 10.3. The monoisotopic (exact) mass is 243 g/mol. The molecule has 6 heteroatoms. The lowest BCUT2D eigenvalue weighted by Crippen LogP contribution is -1.93. The summed E-state index contributed by atoms with van der Waals surface area (Å²) in [5.41, 5.74) is 0.797. The highest BCUT2D eigenvalue weighted by Crippen LogP contribution is 2.27. The zero-order valence-corrected chi connectivity index (χ0v) is 9.33. The number of ether oxygens (including phenoxy) is 1. The fraction of sp³-hybridized carbons (Fsp3) is 0.111.